The quantitative estimate of drug-likeness (QED) is 0.283. The maximum absolute atomic E-state index is 13.3. The maximum atomic E-state index is 13.3. The van der Waals surface area contributed by atoms with Crippen molar-refractivity contribution in [3.63, 3.8) is 0 Å². The normalized spacial score (nSPS) is 27.0. The van der Waals surface area contributed by atoms with Crippen LogP contribution in [0.5, 0.6) is 5.75 Å². The van der Waals surface area contributed by atoms with Crippen LogP contribution < -0.4 is 4.74 Å². The number of carboxylic acids is 1. The molecule has 2 aliphatic rings. The molecule has 38 heavy (non-hydrogen) atoms. The van der Waals surface area contributed by atoms with Crippen molar-refractivity contribution in [2.45, 2.75) is 96.2 Å². The number of benzene rings is 1. The summed E-state index contributed by atoms with van der Waals surface area (Å²) in [6.45, 7) is 5.98. The molecule has 0 saturated carbocycles. The Morgan fingerprint density at radius 2 is 1.87 bits per heavy atom. The number of fused-ring (bicyclic) bond motifs is 1. The molecule has 8 nitrogen and oxygen atoms in total. The van der Waals surface area contributed by atoms with E-state index >= 15 is 0 Å². The molecule has 0 amide bonds. The largest absolute Gasteiger partial charge is 0.481 e. The minimum Gasteiger partial charge on any atom is -0.481 e. The van der Waals surface area contributed by atoms with Gasteiger partial charge in [-0.1, -0.05) is 57.2 Å². The Morgan fingerprint density at radius 3 is 2.55 bits per heavy atom. The summed E-state index contributed by atoms with van der Waals surface area (Å²) >= 11 is 0. The monoisotopic (exact) mass is 530 g/mol. The molecule has 0 aliphatic heterocycles. The van der Waals surface area contributed by atoms with Gasteiger partial charge in [-0.3, -0.25) is 4.79 Å². The second kappa shape index (κ2) is 13.9. The molecule has 210 valence electrons. The molecule has 0 radical (unpaired) electrons. The number of aliphatic hydroxyl groups excluding tert-OH is 3. The van der Waals surface area contributed by atoms with Crippen LogP contribution in [-0.4, -0.2) is 62.9 Å². The molecule has 0 unspecified atom stereocenters. The Kier molecular flexibility index (Phi) is 10.9. The zero-order chi connectivity index (χ0) is 27.8. The third kappa shape index (κ3) is 7.91. The lowest BCUT2D eigenvalue weighted by Crippen LogP contribution is -2.44. The molecule has 1 aromatic rings. The Morgan fingerprint density at radius 1 is 1.13 bits per heavy atom. The minimum absolute atomic E-state index is 0.0114. The highest BCUT2D eigenvalue weighted by molar-refractivity contribution is 5.75. The van der Waals surface area contributed by atoms with Gasteiger partial charge in [0.25, 0.3) is 0 Å². The maximum Gasteiger partial charge on any atom is 0.347 e. The first-order valence-electron chi connectivity index (χ1n) is 13.7. The molecule has 0 aromatic heterocycles. The number of esters is 1. The van der Waals surface area contributed by atoms with E-state index in [1.165, 1.54) is 0 Å². The highest BCUT2D eigenvalue weighted by Gasteiger charge is 2.42. The van der Waals surface area contributed by atoms with E-state index in [4.69, 9.17) is 14.6 Å². The number of ether oxygens (including phenoxy) is 2. The number of rotatable bonds is 13. The Hall–Kier alpha value is -2.68. The Labute approximate surface area is 225 Å². The summed E-state index contributed by atoms with van der Waals surface area (Å²) in [5.74, 6) is -0.893. The molecule has 0 heterocycles. The zero-order valence-electron chi connectivity index (χ0n) is 22.5. The fraction of sp³-hybridized carbons (Fsp3) is 0.600. The van der Waals surface area contributed by atoms with E-state index in [0.717, 1.165) is 17.6 Å². The van der Waals surface area contributed by atoms with Crippen molar-refractivity contribution in [1.29, 1.82) is 0 Å². The van der Waals surface area contributed by atoms with Crippen LogP contribution in [0.1, 0.15) is 64.9 Å². The average molecular weight is 531 g/mol. The van der Waals surface area contributed by atoms with Crippen molar-refractivity contribution in [3.8, 4) is 5.75 Å². The standard InChI is InChI=1S/C30H42O8/c1-4-19-8-6-7-9-26(19)37-25(5-2)30(36)38-27-16-22(32)14-20-11-10-18(3)24(29(20)27)13-12-21(31)15-23(33)17-28(34)35/h6-11,14,18,21-25,27,29,31-33H,4-5,12-13,15-17H2,1-3H3,(H,34,35)/t18-,21-,22-,23-,24+,25+,27+,29+/m1/s1. The van der Waals surface area contributed by atoms with Gasteiger partial charge in [0.1, 0.15) is 11.9 Å². The first-order chi connectivity index (χ1) is 18.1. The van der Waals surface area contributed by atoms with Crippen molar-refractivity contribution < 1.29 is 39.5 Å². The molecule has 8 heteroatoms. The second-order valence-electron chi connectivity index (χ2n) is 10.5. The van der Waals surface area contributed by atoms with Crippen LogP contribution in [0.3, 0.4) is 0 Å². The van der Waals surface area contributed by atoms with Crippen molar-refractivity contribution in [1.82, 2.24) is 0 Å². The summed E-state index contributed by atoms with van der Waals surface area (Å²) in [5, 5.41) is 39.7. The van der Waals surface area contributed by atoms with Crippen molar-refractivity contribution in [2.24, 2.45) is 17.8 Å². The molecule has 4 N–H and O–H groups in total. The average Bonchev–Trinajstić information content (AvgIpc) is 2.86. The van der Waals surface area contributed by atoms with Crippen molar-refractivity contribution in [3.05, 3.63) is 53.6 Å². The summed E-state index contributed by atoms with van der Waals surface area (Å²) in [4.78, 5) is 24.1. The van der Waals surface area contributed by atoms with Crippen LogP contribution in [0, 0.1) is 17.8 Å². The van der Waals surface area contributed by atoms with Crippen molar-refractivity contribution >= 4 is 11.9 Å². The lowest BCUT2D eigenvalue weighted by Gasteiger charge is -2.43. The Balaban J connectivity index is 1.72. The van der Waals surface area contributed by atoms with Gasteiger partial charge in [0, 0.05) is 12.3 Å². The molecule has 0 bridgehead atoms. The third-order valence-corrected chi connectivity index (χ3v) is 7.68. The molecule has 0 spiro atoms. The highest BCUT2D eigenvalue weighted by Crippen LogP contribution is 2.44. The van der Waals surface area contributed by atoms with E-state index in [9.17, 15) is 24.9 Å². The van der Waals surface area contributed by atoms with E-state index in [1.54, 1.807) is 0 Å². The second-order valence-corrected chi connectivity index (χ2v) is 10.5. The first kappa shape index (κ1) is 29.9. The number of aliphatic carboxylic acids is 1. The summed E-state index contributed by atoms with van der Waals surface area (Å²) in [5.41, 5.74) is 1.92. The molecule has 8 atom stereocenters. The molecule has 0 fully saturated rings. The van der Waals surface area contributed by atoms with Gasteiger partial charge in [-0.25, -0.2) is 4.79 Å². The smallest absolute Gasteiger partial charge is 0.347 e. The number of hydrogen-bond acceptors (Lipinski definition) is 7. The van der Waals surface area contributed by atoms with E-state index in [-0.39, 0.29) is 30.6 Å². The molecule has 3 rings (SSSR count). The number of carbonyl (C=O) groups is 2. The summed E-state index contributed by atoms with van der Waals surface area (Å²) in [6, 6.07) is 7.63. The molecular formula is C30H42O8. The van der Waals surface area contributed by atoms with E-state index in [1.807, 2.05) is 50.3 Å². The van der Waals surface area contributed by atoms with Crippen LogP contribution >= 0.6 is 0 Å². The van der Waals surface area contributed by atoms with Crippen molar-refractivity contribution in [2.75, 3.05) is 0 Å². The van der Waals surface area contributed by atoms with E-state index in [0.29, 0.717) is 25.0 Å². The van der Waals surface area contributed by atoms with Gasteiger partial charge in [0.05, 0.1) is 24.7 Å². The topological polar surface area (TPSA) is 134 Å². The van der Waals surface area contributed by atoms with Crippen LogP contribution in [0.15, 0.2) is 48.1 Å². The number of carbonyl (C=O) groups excluding carboxylic acids is 1. The fourth-order valence-electron chi connectivity index (χ4n) is 5.68. The zero-order valence-corrected chi connectivity index (χ0v) is 22.5. The number of aryl methyl sites for hydroxylation is 1. The molecule has 2 aliphatic carbocycles. The van der Waals surface area contributed by atoms with Gasteiger partial charge < -0.3 is 29.9 Å². The SMILES string of the molecule is CCc1ccccc1O[C@@H](CC)C(=O)O[C@H]1C[C@H](O)C=C2C=C[C@@H](C)[C@H](CC[C@@H](O)C[C@@H](O)CC(=O)O)[C@H]21. The van der Waals surface area contributed by atoms with Crippen LogP contribution in [-0.2, 0) is 20.7 Å². The predicted octanol–water partition coefficient (Wildman–Crippen LogP) is 3.81. The van der Waals surface area contributed by atoms with Gasteiger partial charge in [-0.05, 0) is 61.1 Å². The fourth-order valence-corrected chi connectivity index (χ4v) is 5.68. The summed E-state index contributed by atoms with van der Waals surface area (Å²) in [6.07, 6.45) is 3.87. The number of hydrogen-bond donors (Lipinski definition) is 4. The van der Waals surface area contributed by atoms with Gasteiger partial charge in [0.2, 0.25) is 0 Å². The first-order valence-corrected chi connectivity index (χ1v) is 13.7. The number of allylic oxidation sites excluding steroid dienone is 2. The number of aliphatic hydroxyl groups is 3. The minimum atomic E-state index is -1.11. The van der Waals surface area contributed by atoms with Gasteiger partial charge in [0.15, 0.2) is 6.10 Å². The lowest BCUT2D eigenvalue weighted by molar-refractivity contribution is -0.163. The third-order valence-electron chi connectivity index (χ3n) is 7.68. The van der Waals surface area contributed by atoms with Gasteiger partial charge in [-0.15, -0.1) is 0 Å². The van der Waals surface area contributed by atoms with Crippen LogP contribution in [0.4, 0.5) is 0 Å². The summed E-state index contributed by atoms with van der Waals surface area (Å²) < 4.78 is 12.1. The Bertz CT molecular complexity index is 1000. The predicted molar refractivity (Wildman–Crippen MR) is 143 cm³/mol. The number of para-hydroxylation sites is 1. The van der Waals surface area contributed by atoms with Crippen LogP contribution in [0.2, 0.25) is 0 Å². The highest BCUT2D eigenvalue weighted by atomic mass is 16.6. The summed E-state index contributed by atoms with van der Waals surface area (Å²) in [7, 11) is 0. The molecule has 1 aromatic carbocycles. The van der Waals surface area contributed by atoms with E-state index in [2.05, 4.69) is 13.0 Å². The van der Waals surface area contributed by atoms with Gasteiger partial charge >= 0.3 is 11.9 Å². The van der Waals surface area contributed by atoms with Gasteiger partial charge in [-0.2, -0.15) is 0 Å². The lowest BCUT2D eigenvalue weighted by atomic mass is 9.66. The van der Waals surface area contributed by atoms with Crippen LogP contribution in [0.25, 0.3) is 0 Å². The van der Waals surface area contributed by atoms with E-state index < -0.39 is 48.9 Å². The number of carboxylic acid groups (broad SMARTS) is 1. The molecule has 0 saturated heterocycles. The molecular weight excluding hydrogens is 488 g/mol.